The largest absolute Gasteiger partial charge is 0.347 e. The standard InChI is InChI=1S/C15H16N6OS/c1-10(9-21-8-4-7-18-21)19-14(22)12-11(2)20-15(23-12)13-16-5-3-6-17-13/h3-8,10H,9H2,1-2H3,(H,19,22)/t10-/m1/s1. The van der Waals surface area contributed by atoms with Crippen LogP contribution in [0.1, 0.15) is 22.3 Å². The summed E-state index contributed by atoms with van der Waals surface area (Å²) >= 11 is 1.30. The van der Waals surface area contributed by atoms with Crippen LogP contribution in [0.25, 0.3) is 10.8 Å². The van der Waals surface area contributed by atoms with Crippen LogP contribution in [0.2, 0.25) is 0 Å². The molecule has 0 fully saturated rings. The molecule has 0 aliphatic heterocycles. The molecule has 3 aromatic rings. The van der Waals surface area contributed by atoms with Crippen LogP contribution in [-0.2, 0) is 6.54 Å². The maximum absolute atomic E-state index is 12.4. The Labute approximate surface area is 137 Å². The minimum absolute atomic E-state index is 0.0414. The molecule has 3 heterocycles. The summed E-state index contributed by atoms with van der Waals surface area (Å²) in [7, 11) is 0. The fourth-order valence-electron chi connectivity index (χ4n) is 2.14. The van der Waals surface area contributed by atoms with Gasteiger partial charge in [-0.05, 0) is 26.0 Å². The molecule has 0 unspecified atom stereocenters. The van der Waals surface area contributed by atoms with Crippen molar-refractivity contribution in [3.63, 3.8) is 0 Å². The second kappa shape index (κ2) is 6.66. The Kier molecular flexibility index (Phi) is 4.42. The molecule has 0 aliphatic rings. The molecule has 0 aliphatic carbocycles. The third-order valence-electron chi connectivity index (χ3n) is 3.16. The van der Waals surface area contributed by atoms with Gasteiger partial charge in [-0.1, -0.05) is 0 Å². The van der Waals surface area contributed by atoms with Gasteiger partial charge in [-0.3, -0.25) is 9.48 Å². The van der Waals surface area contributed by atoms with E-state index in [-0.39, 0.29) is 11.9 Å². The van der Waals surface area contributed by atoms with E-state index < -0.39 is 0 Å². The molecule has 1 amide bonds. The van der Waals surface area contributed by atoms with Crippen LogP contribution in [-0.4, -0.2) is 36.7 Å². The number of aromatic nitrogens is 5. The van der Waals surface area contributed by atoms with E-state index in [4.69, 9.17) is 0 Å². The van der Waals surface area contributed by atoms with Crippen LogP contribution in [0.15, 0.2) is 36.9 Å². The maximum Gasteiger partial charge on any atom is 0.263 e. The van der Waals surface area contributed by atoms with E-state index in [1.807, 2.05) is 26.1 Å². The van der Waals surface area contributed by atoms with Gasteiger partial charge in [0.05, 0.1) is 12.2 Å². The summed E-state index contributed by atoms with van der Waals surface area (Å²) in [5.41, 5.74) is 0.682. The fraction of sp³-hybridized carbons (Fsp3) is 0.267. The molecule has 0 spiro atoms. The monoisotopic (exact) mass is 328 g/mol. The number of nitrogens with zero attached hydrogens (tertiary/aromatic N) is 5. The summed E-state index contributed by atoms with van der Waals surface area (Å²) in [4.78, 5) is 25.8. The second-order valence-electron chi connectivity index (χ2n) is 5.11. The van der Waals surface area contributed by atoms with E-state index in [1.54, 1.807) is 29.3 Å². The van der Waals surface area contributed by atoms with Crippen LogP contribution >= 0.6 is 11.3 Å². The molecule has 0 saturated heterocycles. The number of amides is 1. The van der Waals surface area contributed by atoms with E-state index in [1.165, 1.54) is 11.3 Å². The summed E-state index contributed by atoms with van der Waals surface area (Å²) in [5.74, 6) is 0.395. The second-order valence-corrected chi connectivity index (χ2v) is 6.11. The molecule has 0 bridgehead atoms. The van der Waals surface area contributed by atoms with E-state index in [0.717, 1.165) is 0 Å². The molecule has 3 rings (SSSR count). The van der Waals surface area contributed by atoms with Gasteiger partial charge in [-0.15, -0.1) is 11.3 Å². The van der Waals surface area contributed by atoms with Crippen molar-refractivity contribution in [1.82, 2.24) is 30.0 Å². The van der Waals surface area contributed by atoms with Crippen molar-refractivity contribution in [2.75, 3.05) is 0 Å². The molecule has 0 saturated carbocycles. The highest BCUT2D eigenvalue weighted by Gasteiger charge is 2.19. The molecule has 7 nitrogen and oxygen atoms in total. The maximum atomic E-state index is 12.4. The molecule has 1 N–H and O–H groups in total. The van der Waals surface area contributed by atoms with Gasteiger partial charge < -0.3 is 5.32 Å². The molecule has 118 valence electrons. The smallest absolute Gasteiger partial charge is 0.263 e. The first-order chi connectivity index (χ1) is 11.1. The Bertz CT molecular complexity index is 784. The molecule has 23 heavy (non-hydrogen) atoms. The van der Waals surface area contributed by atoms with E-state index in [9.17, 15) is 4.79 Å². The van der Waals surface area contributed by atoms with Crippen LogP contribution in [0.5, 0.6) is 0 Å². The van der Waals surface area contributed by atoms with Crippen LogP contribution < -0.4 is 5.32 Å². The number of thiazole rings is 1. The van der Waals surface area contributed by atoms with Gasteiger partial charge >= 0.3 is 0 Å². The predicted molar refractivity (Wildman–Crippen MR) is 87.0 cm³/mol. The summed E-state index contributed by atoms with van der Waals surface area (Å²) < 4.78 is 1.79. The van der Waals surface area contributed by atoms with Gasteiger partial charge in [0, 0.05) is 30.8 Å². The van der Waals surface area contributed by atoms with Crippen molar-refractivity contribution in [2.45, 2.75) is 26.4 Å². The van der Waals surface area contributed by atoms with Gasteiger partial charge in [0.25, 0.3) is 5.91 Å². The first-order valence-corrected chi connectivity index (χ1v) is 7.98. The highest BCUT2D eigenvalue weighted by atomic mass is 32.1. The number of hydrogen-bond donors (Lipinski definition) is 1. The Morgan fingerprint density at radius 1 is 1.30 bits per heavy atom. The number of carbonyl (C=O) groups excluding carboxylic acids is 1. The summed E-state index contributed by atoms with van der Waals surface area (Å²) in [6.45, 7) is 4.37. The van der Waals surface area contributed by atoms with Gasteiger partial charge in [0.2, 0.25) is 0 Å². The molecular formula is C15H16N6OS. The molecule has 0 aromatic carbocycles. The lowest BCUT2D eigenvalue weighted by molar-refractivity contribution is 0.0939. The zero-order chi connectivity index (χ0) is 16.2. The Morgan fingerprint density at radius 3 is 2.78 bits per heavy atom. The molecule has 3 aromatic heterocycles. The van der Waals surface area contributed by atoms with Crippen molar-refractivity contribution >= 4 is 17.2 Å². The fourth-order valence-corrected chi connectivity index (χ4v) is 3.05. The number of carbonyl (C=O) groups is 1. The van der Waals surface area contributed by atoms with Gasteiger partial charge in [0.1, 0.15) is 4.88 Å². The van der Waals surface area contributed by atoms with Crippen molar-refractivity contribution in [3.8, 4) is 10.8 Å². The highest BCUT2D eigenvalue weighted by Crippen LogP contribution is 2.25. The van der Waals surface area contributed by atoms with Crippen LogP contribution in [0.3, 0.4) is 0 Å². The first kappa shape index (κ1) is 15.3. The Balaban J connectivity index is 1.71. The average molecular weight is 328 g/mol. The minimum atomic E-state index is -0.137. The highest BCUT2D eigenvalue weighted by molar-refractivity contribution is 7.17. The minimum Gasteiger partial charge on any atom is -0.347 e. The van der Waals surface area contributed by atoms with Crippen molar-refractivity contribution < 1.29 is 4.79 Å². The summed E-state index contributed by atoms with van der Waals surface area (Å²) in [6, 6.07) is 3.56. The summed E-state index contributed by atoms with van der Waals surface area (Å²) in [5, 5.41) is 7.75. The quantitative estimate of drug-likeness (QED) is 0.773. The van der Waals surface area contributed by atoms with Gasteiger partial charge in [-0.2, -0.15) is 5.10 Å². The van der Waals surface area contributed by atoms with E-state index in [2.05, 4.69) is 25.4 Å². The normalized spacial score (nSPS) is 12.1. The van der Waals surface area contributed by atoms with E-state index in [0.29, 0.717) is 27.9 Å². The number of nitrogens with one attached hydrogen (secondary N) is 1. The number of hydrogen-bond acceptors (Lipinski definition) is 6. The zero-order valence-corrected chi connectivity index (χ0v) is 13.6. The Hall–Kier alpha value is -2.61. The third-order valence-corrected chi connectivity index (χ3v) is 4.31. The SMILES string of the molecule is Cc1nc(-c2ncccn2)sc1C(=O)N[C@H](C)Cn1cccn1. The van der Waals surface area contributed by atoms with Crippen molar-refractivity contribution in [2.24, 2.45) is 0 Å². The van der Waals surface area contributed by atoms with Gasteiger partial charge in [-0.25, -0.2) is 15.0 Å². The Morgan fingerprint density at radius 2 is 2.09 bits per heavy atom. The average Bonchev–Trinajstić information content (AvgIpc) is 3.17. The third kappa shape index (κ3) is 3.59. The van der Waals surface area contributed by atoms with E-state index >= 15 is 0 Å². The lowest BCUT2D eigenvalue weighted by Crippen LogP contribution is -2.35. The first-order valence-electron chi connectivity index (χ1n) is 7.16. The molecule has 1 atom stereocenters. The lowest BCUT2D eigenvalue weighted by Gasteiger charge is -2.13. The summed E-state index contributed by atoms with van der Waals surface area (Å²) in [6.07, 6.45) is 6.90. The number of aryl methyl sites for hydroxylation is 1. The topological polar surface area (TPSA) is 85.6 Å². The lowest BCUT2D eigenvalue weighted by atomic mass is 10.3. The van der Waals surface area contributed by atoms with Crippen molar-refractivity contribution in [3.05, 3.63) is 47.5 Å². The molecule has 8 heteroatoms. The number of rotatable bonds is 5. The molecular weight excluding hydrogens is 312 g/mol. The predicted octanol–water partition coefficient (Wildman–Crippen LogP) is 1.92. The molecule has 0 radical (unpaired) electrons. The van der Waals surface area contributed by atoms with Crippen LogP contribution in [0.4, 0.5) is 0 Å². The zero-order valence-electron chi connectivity index (χ0n) is 12.8. The van der Waals surface area contributed by atoms with Crippen LogP contribution in [0, 0.1) is 6.92 Å². The van der Waals surface area contributed by atoms with Gasteiger partial charge in [0.15, 0.2) is 10.8 Å². The van der Waals surface area contributed by atoms with Crippen molar-refractivity contribution in [1.29, 1.82) is 0 Å².